The minimum Gasteiger partial charge on any atom is -0.465 e. The third-order valence-corrected chi connectivity index (χ3v) is 8.63. The van der Waals surface area contributed by atoms with E-state index in [-0.39, 0.29) is 6.10 Å². The van der Waals surface area contributed by atoms with Gasteiger partial charge in [0.1, 0.15) is 0 Å². The fourth-order valence-electron chi connectivity index (χ4n) is 5.70. The normalized spacial score (nSPS) is 12.2. The minimum atomic E-state index is -0.956. The quantitative estimate of drug-likeness (QED) is 0.0634. The molecule has 0 bridgehead atoms. The fourth-order valence-corrected chi connectivity index (χ4v) is 5.70. The Bertz CT molecular complexity index is 598. The molecular formula is C38H78N2O6. The maximum atomic E-state index is 12.0. The Balaban J connectivity index is 4.25. The Labute approximate surface area is 285 Å². The van der Waals surface area contributed by atoms with E-state index in [4.69, 9.17) is 24.7 Å². The highest BCUT2D eigenvalue weighted by Crippen LogP contribution is 2.14. The van der Waals surface area contributed by atoms with E-state index >= 15 is 0 Å². The molecule has 0 saturated heterocycles. The van der Waals surface area contributed by atoms with Gasteiger partial charge in [-0.1, -0.05) is 155 Å². The SMILES string of the molecule is CCCCCCCCCCCCCCOC[C@@H](CN(CCOCCOCCN)C(=O)O)OCCCCCCCCCCCCCC. The average Bonchev–Trinajstić information content (AvgIpc) is 3.05. The molecule has 0 rings (SSSR count). The summed E-state index contributed by atoms with van der Waals surface area (Å²) >= 11 is 0. The van der Waals surface area contributed by atoms with Crippen LogP contribution in [0.1, 0.15) is 168 Å². The first-order valence-corrected chi connectivity index (χ1v) is 19.7. The van der Waals surface area contributed by atoms with Crippen LogP contribution in [0, 0.1) is 0 Å². The van der Waals surface area contributed by atoms with E-state index in [9.17, 15) is 9.90 Å². The van der Waals surface area contributed by atoms with Crippen molar-refractivity contribution in [2.24, 2.45) is 5.73 Å². The van der Waals surface area contributed by atoms with Gasteiger partial charge in [-0.25, -0.2) is 4.79 Å². The number of rotatable bonds is 39. The van der Waals surface area contributed by atoms with Crippen LogP contribution in [0.25, 0.3) is 0 Å². The zero-order chi connectivity index (χ0) is 33.6. The van der Waals surface area contributed by atoms with E-state index in [1.54, 1.807) is 0 Å². The Hall–Kier alpha value is -0.930. The van der Waals surface area contributed by atoms with Crippen molar-refractivity contribution in [3.63, 3.8) is 0 Å². The zero-order valence-electron chi connectivity index (χ0n) is 30.6. The zero-order valence-corrected chi connectivity index (χ0v) is 30.6. The molecule has 8 nitrogen and oxygen atoms in total. The van der Waals surface area contributed by atoms with Crippen LogP contribution in [-0.4, -0.2) is 88.1 Å². The van der Waals surface area contributed by atoms with Gasteiger partial charge in [-0.3, -0.25) is 0 Å². The number of hydrogen-bond acceptors (Lipinski definition) is 6. The molecule has 0 aromatic rings. The minimum absolute atomic E-state index is 0.269. The number of amides is 1. The standard InChI is InChI=1S/C38H78N2O6/c1-3-5-7-9-11-13-15-17-19-21-23-25-29-45-36-37(35-40(38(41)42)28-32-44-34-33-43-31-27-39)46-30-26-24-22-20-18-16-14-12-10-8-6-4-2/h37H,3-36,39H2,1-2H3,(H,41,42)/t37-/m1/s1. The number of ether oxygens (including phenoxy) is 4. The molecule has 0 aliphatic rings. The summed E-state index contributed by atoms with van der Waals surface area (Å²) in [5.74, 6) is 0. The van der Waals surface area contributed by atoms with E-state index in [0.29, 0.717) is 65.9 Å². The monoisotopic (exact) mass is 659 g/mol. The Morgan fingerprint density at radius 3 is 1.39 bits per heavy atom. The Morgan fingerprint density at radius 2 is 0.957 bits per heavy atom. The molecular weight excluding hydrogens is 580 g/mol. The van der Waals surface area contributed by atoms with Crippen molar-refractivity contribution < 1.29 is 28.8 Å². The molecule has 1 amide bonds. The number of unbranched alkanes of at least 4 members (excludes halogenated alkanes) is 22. The molecule has 0 aliphatic carbocycles. The molecule has 0 fully saturated rings. The van der Waals surface area contributed by atoms with Gasteiger partial charge in [0.05, 0.1) is 45.7 Å². The number of hydrogen-bond donors (Lipinski definition) is 2. The molecule has 0 spiro atoms. The molecule has 0 aliphatic heterocycles. The van der Waals surface area contributed by atoms with Gasteiger partial charge in [0.15, 0.2) is 0 Å². The molecule has 0 unspecified atom stereocenters. The first kappa shape index (κ1) is 45.1. The molecule has 0 aromatic carbocycles. The third-order valence-electron chi connectivity index (χ3n) is 8.63. The number of carboxylic acid groups (broad SMARTS) is 1. The largest absolute Gasteiger partial charge is 0.465 e. The highest BCUT2D eigenvalue weighted by Gasteiger charge is 2.19. The van der Waals surface area contributed by atoms with E-state index in [1.807, 2.05) is 0 Å². The van der Waals surface area contributed by atoms with Crippen LogP contribution in [0.5, 0.6) is 0 Å². The van der Waals surface area contributed by atoms with Crippen molar-refractivity contribution in [2.45, 2.75) is 174 Å². The van der Waals surface area contributed by atoms with Crippen molar-refractivity contribution in [1.82, 2.24) is 4.90 Å². The summed E-state index contributed by atoms with van der Waals surface area (Å²) in [7, 11) is 0. The van der Waals surface area contributed by atoms with Crippen molar-refractivity contribution in [1.29, 1.82) is 0 Å². The lowest BCUT2D eigenvalue weighted by Crippen LogP contribution is -2.41. The summed E-state index contributed by atoms with van der Waals surface area (Å²) in [6.07, 6.45) is 30.2. The maximum Gasteiger partial charge on any atom is 0.407 e. The van der Waals surface area contributed by atoms with Crippen LogP contribution in [0.4, 0.5) is 4.79 Å². The van der Waals surface area contributed by atoms with Gasteiger partial charge < -0.3 is 34.7 Å². The molecule has 0 heterocycles. The molecule has 8 heteroatoms. The predicted octanol–water partition coefficient (Wildman–Crippen LogP) is 9.76. The molecule has 1 atom stereocenters. The second-order valence-corrected chi connectivity index (χ2v) is 13.1. The smallest absolute Gasteiger partial charge is 0.407 e. The second kappa shape index (κ2) is 38.5. The molecule has 46 heavy (non-hydrogen) atoms. The van der Waals surface area contributed by atoms with Gasteiger partial charge in [-0.15, -0.1) is 0 Å². The van der Waals surface area contributed by atoms with E-state index in [2.05, 4.69) is 13.8 Å². The Morgan fingerprint density at radius 1 is 0.543 bits per heavy atom. The van der Waals surface area contributed by atoms with Gasteiger partial charge in [-0.2, -0.15) is 0 Å². The predicted molar refractivity (Wildman–Crippen MR) is 193 cm³/mol. The van der Waals surface area contributed by atoms with Crippen LogP contribution >= 0.6 is 0 Å². The Kier molecular flexibility index (Phi) is 37.7. The van der Waals surface area contributed by atoms with Gasteiger partial charge >= 0.3 is 6.09 Å². The van der Waals surface area contributed by atoms with Crippen LogP contribution < -0.4 is 5.73 Å². The van der Waals surface area contributed by atoms with Gasteiger partial charge in [0.25, 0.3) is 0 Å². The van der Waals surface area contributed by atoms with Gasteiger partial charge in [-0.05, 0) is 12.8 Å². The maximum absolute atomic E-state index is 12.0. The lowest BCUT2D eigenvalue weighted by atomic mass is 10.1. The summed E-state index contributed by atoms with van der Waals surface area (Å²) < 4.78 is 23.1. The van der Waals surface area contributed by atoms with Gasteiger partial charge in [0, 0.05) is 26.3 Å². The van der Waals surface area contributed by atoms with Crippen molar-refractivity contribution in [2.75, 3.05) is 65.9 Å². The number of nitrogens with zero attached hydrogens (tertiary/aromatic N) is 1. The van der Waals surface area contributed by atoms with Crippen LogP contribution in [0.2, 0.25) is 0 Å². The van der Waals surface area contributed by atoms with Crippen LogP contribution in [-0.2, 0) is 18.9 Å². The number of carbonyl (C=O) groups is 1. The van der Waals surface area contributed by atoms with Crippen molar-refractivity contribution in [3.05, 3.63) is 0 Å². The summed E-state index contributed by atoms with van der Waals surface area (Å²) in [5, 5.41) is 9.81. The highest BCUT2D eigenvalue weighted by molar-refractivity contribution is 5.64. The highest BCUT2D eigenvalue weighted by atomic mass is 16.5. The first-order chi connectivity index (χ1) is 22.7. The molecule has 3 N–H and O–H groups in total. The van der Waals surface area contributed by atoms with E-state index in [0.717, 1.165) is 19.3 Å². The molecule has 276 valence electrons. The average molecular weight is 659 g/mol. The molecule has 0 saturated carbocycles. The van der Waals surface area contributed by atoms with E-state index < -0.39 is 6.09 Å². The summed E-state index contributed by atoms with van der Waals surface area (Å²) in [6.45, 7) is 9.09. The fraction of sp³-hybridized carbons (Fsp3) is 0.974. The summed E-state index contributed by atoms with van der Waals surface area (Å²) in [4.78, 5) is 13.4. The van der Waals surface area contributed by atoms with Crippen molar-refractivity contribution in [3.8, 4) is 0 Å². The van der Waals surface area contributed by atoms with E-state index in [1.165, 1.54) is 140 Å². The third kappa shape index (κ3) is 34.4. The van der Waals surface area contributed by atoms with Crippen LogP contribution in [0.3, 0.4) is 0 Å². The summed E-state index contributed by atoms with van der Waals surface area (Å²) in [6, 6.07) is 0. The lowest BCUT2D eigenvalue weighted by molar-refractivity contribution is -0.0352. The number of nitrogens with two attached hydrogens (primary N) is 1. The topological polar surface area (TPSA) is 103 Å². The van der Waals surface area contributed by atoms with Crippen LogP contribution in [0.15, 0.2) is 0 Å². The lowest BCUT2D eigenvalue weighted by Gasteiger charge is -2.25. The van der Waals surface area contributed by atoms with Crippen molar-refractivity contribution >= 4 is 6.09 Å². The molecule has 0 radical (unpaired) electrons. The first-order valence-electron chi connectivity index (χ1n) is 19.7. The second-order valence-electron chi connectivity index (χ2n) is 13.1. The summed E-state index contributed by atoms with van der Waals surface area (Å²) in [5.41, 5.74) is 5.43. The van der Waals surface area contributed by atoms with Gasteiger partial charge in [0.2, 0.25) is 0 Å². The molecule has 0 aromatic heterocycles.